The maximum absolute atomic E-state index is 12.8. The molecular formula is C22H22ClN3O5S. The van der Waals surface area contributed by atoms with Crippen molar-refractivity contribution in [3.8, 4) is 17.4 Å². The summed E-state index contributed by atoms with van der Waals surface area (Å²) in [5.74, 6) is 1.16. The van der Waals surface area contributed by atoms with Crippen LogP contribution in [0, 0.1) is 0 Å². The minimum Gasteiger partial charge on any atom is -0.497 e. The van der Waals surface area contributed by atoms with Gasteiger partial charge < -0.3 is 14.6 Å². The highest BCUT2D eigenvalue weighted by Crippen LogP contribution is 2.26. The second kappa shape index (κ2) is 10.4. The fraction of sp³-hybridized carbons (Fsp3) is 0.227. The van der Waals surface area contributed by atoms with Gasteiger partial charge in [-0.25, -0.2) is 9.79 Å². The van der Waals surface area contributed by atoms with Gasteiger partial charge in [-0.3, -0.25) is 13.9 Å². The zero-order valence-corrected chi connectivity index (χ0v) is 19.3. The Hall–Kier alpha value is -3.17. The molecule has 0 fully saturated rings. The van der Waals surface area contributed by atoms with Crippen LogP contribution in [0.15, 0.2) is 63.1 Å². The van der Waals surface area contributed by atoms with Crippen molar-refractivity contribution in [2.24, 2.45) is 19.1 Å². The summed E-state index contributed by atoms with van der Waals surface area (Å²) >= 11 is 7.33. The SMILES string of the molecule is COc1ccc(N=C(SCCOc2ccccc2Cl)c2c(O)n(C)c(=O)n(C)c2=O)cc1. The zero-order chi connectivity index (χ0) is 23.3. The molecule has 168 valence electrons. The van der Waals surface area contributed by atoms with Crippen molar-refractivity contribution in [1.82, 2.24) is 9.13 Å². The normalized spacial score (nSPS) is 11.4. The van der Waals surface area contributed by atoms with Crippen molar-refractivity contribution >= 4 is 34.1 Å². The number of ether oxygens (including phenoxy) is 2. The molecule has 0 saturated carbocycles. The first kappa shape index (κ1) is 23.5. The molecule has 0 radical (unpaired) electrons. The van der Waals surface area contributed by atoms with Crippen LogP contribution in [0.25, 0.3) is 0 Å². The third-order valence-corrected chi connectivity index (χ3v) is 5.82. The zero-order valence-electron chi connectivity index (χ0n) is 17.7. The highest BCUT2D eigenvalue weighted by molar-refractivity contribution is 8.14. The van der Waals surface area contributed by atoms with Gasteiger partial charge in [0.15, 0.2) is 0 Å². The van der Waals surface area contributed by atoms with E-state index in [1.165, 1.54) is 25.9 Å². The lowest BCUT2D eigenvalue weighted by atomic mass is 10.3. The highest BCUT2D eigenvalue weighted by atomic mass is 35.5. The summed E-state index contributed by atoms with van der Waals surface area (Å²) in [7, 11) is 4.30. The van der Waals surface area contributed by atoms with Crippen molar-refractivity contribution in [2.75, 3.05) is 19.5 Å². The third-order valence-electron chi connectivity index (χ3n) is 4.57. The predicted molar refractivity (Wildman–Crippen MR) is 127 cm³/mol. The number of thioether (sulfide) groups is 1. The van der Waals surface area contributed by atoms with Crippen LogP contribution in [-0.2, 0) is 14.1 Å². The van der Waals surface area contributed by atoms with E-state index < -0.39 is 17.1 Å². The molecule has 0 aliphatic heterocycles. The minimum atomic E-state index is -0.641. The van der Waals surface area contributed by atoms with Gasteiger partial charge >= 0.3 is 5.69 Å². The van der Waals surface area contributed by atoms with Crippen molar-refractivity contribution < 1.29 is 14.6 Å². The first-order valence-electron chi connectivity index (χ1n) is 9.55. The number of para-hydroxylation sites is 1. The molecule has 0 aliphatic rings. The molecule has 1 heterocycles. The van der Waals surface area contributed by atoms with Crippen LogP contribution in [0.5, 0.6) is 17.4 Å². The molecular weight excluding hydrogens is 454 g/mol. The largest absolute Gasteiger partial charge is 0.497 e. The van der Waals surface area contributed by atoms with Crippen molar-refractivity contribution in [1.29, 1.82) is 0 Å². The Labute approximate surface area is 193 Å². The third kappa shape index (κ3) is 5.17. The number of benzene rings is 2. The second-order valence-corrected chi connectivity index (χ2v) is 8.14. The monoisotopic (exact) mass is 475 g/mol. The van der Waals surface area contributed by atoms with Crippen LogP contribution in [-0.4, -0.2) is 38.8 Å². The summed E-state index contributed by atoms with van der Waals surface area (Å²) in [5.41, 5.74) is -0.784. The Kier molecular flexibility index (Phi) is 7.66. The van der Waals surface area contributed by atoms with Crippen LogP contribution in [0.2, 0.25) is 5.02 Å². The van der Waals surface area contributed by atoms with Gasteiger partial charge in [0.25, 0.3) is 5.56 Å². The van der Waals surface area contributed by atoms with Crippen LogP contribution in [0.3, 0.4) is 0 Å². The first-order valence-corrected chi connectivity index (χ1v) is 10.9. The van der Waals surface area contributed by atoms with Gasteiger partial charge in [-0.05, 0) is 36.4 Å². The number of methoxy groups -OCH3 is 1. The van der Waals surface area contributed by atoms with Gasteiger partial charge in [0, 0.05) is 19.8 Å². The molecule has 0 unspecified atom stereocenters. The standard InChI is InChI=1S/C22H22ClN3O5S/c1-25-20(27)18(21(28)26(2)22(25)29)19(24-14-8-10-15(30-3)11-9-14)32-13-12-31-17-7-5-4-6-16(17)23/h4-11,27H,12-13H2,1-3H3. The average Bonchev–Trinajstić information content (AvgIpc) is 2.80. The fourth-order valence-corrected chi connectivity index (χ4v) is 3.85. The number of hydrogen-bond acceptors (Lipinski definition) is 7. The molecule has 32 heavy (non-hydrogen) atoms. The van der Waals surface area contributed by atoms with Gasteiger partial charge in [0.05, 0.1) is 24.4 Å². The lowest BCUT2D eigenvalue weighted by Gasteiger charge is -2.13. The smallest absolute Gasteiger partial charge is 0.333 e. The van der Waals surface area contributed by atoms with Gasteiger partial charge in [-0.2, -0.15) is 0 Å². The Morgan fingerprint density at radius 2 is 1.78 bits per heavy atom. The summed E-state index contributed by atoms with van der Waals surface area (Å²) in [5, 5.41) is 11.3. The number of aromatic nitrogens is 2. The first-order chi connectivity index (χ1) is 15.3. The van der Waals surface area contributed by atoms with Crippen LogP contribution in [0.1, 0.15) is 5.56 Å². The maximum Gasteiger partial charge on any atom is 0.333 e. The topological polar surface area (TPSA) is 95.0 Å². The number of rotatable bonds is 7. The molecule has 0 bridgehead atoms. The van der Waals surface area contributed by atoms with Crippen LogP contribution < -0.4 is 20.7 Å². The molecule has 1 N–H and O–H groups in total. The number of aliphatic imine (C=N–C) groups is 1. The number of nitrogens with zero attached hydrogens (tertiary/aromatic N) is 3. The molecule has 0 atom stereocenters. The van der Waals surface area contributed by atoms with Gasteiger partial charge in [-0.1, -0.05) is 23.7 Å². The van der Waals surface area contributed by atoms with Crippen molar-refractivity contribution in [2.45, 2.75) is 0 Å². The second-order valence-electron chi connectivity index (χ2n) is 6.65. The Balaban J connectivity index is 1.93. The molecule has 2 aromatic carbocycles. The van der Waals surface area contributed by atoms with Gasteiger partial charge in [0.2, 0.25) is 5.88 Å². The summed E-state index contributed by atoms with van der Waals surface area (Å²) in [6.45, 7) is 0.281. The van der Waals surface area contributed by atoms with E-state index in [1.54, 1.807) is 43.5 Å². The van der Waals surface area contributed by atoms with Crippen LogP contribution >= 0.6 is 23.4 Å². The molecule has 0 saturated heterocycles. The summed E-state index contributed by atoms with van der Waals surface area (Å²) in [6, 6.07) is 14.0. The Bertz CT molecular complexity index is 1250. The highest BCUT2D eigenvalue weighted by Gasteiger charge is 2.21. The summed E-state index contributed by atoms with van der Waals surface area (Å²) in [6.07, 6.45) is 0. The molecule has 0 aliphatic carbocycles. The maximum atomic E-state index is 12.8. The van der Waals surface area contributed by atoms with Gasteiger partial charge in [-0.15, -0.1) is 11.8 Å². The number of aromatic hydroxyl groups is 1. The van der Waals surface area contributed by atoms with E-state index in [2.05, 4.69) is 4.99 Å². The summed E-state index contributed by atoms with van der Waals surface area (Å²) < 4.78 is 12.8. The molecule has 0 spiro atoms. The van der Waals surface area contributed by atoms with E-state index in [0.717, 1.165) is 9.13 Å². The Morgan fingerprint density at radius 1 is 1.09 bits per heavy atom. The quantitative estimate of drug-likeness (QED) is 0.320. The fourth-order valence-electron chi connectivity index (χ4n) is 2.81. The van der Waals surface area contributed by atoms with Gasteiger partial charge in [0.1, 0.15) is 22.1 Å². The molecule has 0 amide bonds. The Morgan fingerprint density at radius 3 is 2.44 bits per heavy atom. The van der Waals surface area contributed by atoms with E-state index in [9.17, 15) is 14.7 Å². The lowest BCUT2D eigenvalue weighted by molar-refractivity contribution is 0.344. The average molecular weight is 476 g/mol. The molecule has 3 aromatic rings. The molecule has 1 aromatic heterocycles. The summed E-state index contributed by atoms with van der Waals surface area (Å²) in [4.78, 5) is 29.5. The van der Waals surface area contributed by atoms with Crippen molar-refractivity contribution in [3.63, 3.8) is 0 Å². The van der Waals surface area contributed by atoms with E-state index in [4.69, 9.17) is 21.1 Å². The van der Waals surface area contributed by atoms with E-state index in [0.29, 0.717) is 28.0 Å². The minimum absolute atomic E-state index is 0.0619. The van der Waals surface area contributed by atoms with E-state index in [-0.39, 0.29) is 17.2 Å². The number of halogens is 1. The predicted octanol–water partition coefficient (Wildman–Crippen LogP) is 3.34. The van der Waals surface area contributed by atoms with E-state index >= 15 is 0 Å². The number of hydrogen-bond donors (Lipinski definition) is 1. The van der Waals surface area contributed by atoms with Crippen LogP contribution in [0.4, 0.5) is 5.69 Å². The van der Waals surface area contributed by atoms with E-state index in [1.807, 2.05) is 12.1 Å². The molecule has 3 rings (SSSR count). The van der Waals surface area contributed by atoms with Crippen molar-refractivity contribution in [3.05, 3.63) is 80.0 Å². The lowest BCUT2D eigenvalue weighted by Crippen LogP contribution is -2.39. The molecule has 10 heteroatoms. The molecule has 8 nitrogen and oxygen atoms in total.